The van der Waals surface area contributed by atoms with Crippen molar-refractivity contribution in [2.75, 3.05) is 6.54 Å². The summed E-state index contributed by atoms with van der Waals surface area (Å²) in [6, 6.07) is 10.1. The van der Waals surface area contributed by atoms with Crippen LogP contribution >= 0.6 is 12.4 Å². The van der Waals surface area contributed by atoms with Crippen molar-refractivity contribution in [2.24, 2.45) is 5.92 Å². The van der Waals surface area contributed by atoms with Gasteiger partial charge in [-0.25, -0.2) is 0 Å². The van der Waals surface area contributed by atoms with Crippen LogP contribution in [0.4, 0.5) is 0 Å². The number of hydrogen-bond acceptors (Lipinski definition) is 5. The van der Waals surface area contributed by atoms with Crippen LogP contribution in [0.25, 0.3) is 0 Å². The molecule has 136 valence electrons. The quantitative estimate of drug-likeness (QED) is 0.852. The Morgan fingerprint density at radius 3 is 2.88 bits per heavy atom. The molecule has 2 aromatic rings. The first-order valence-electron chi connectivity index (χ1n) is 8.52. The molecule has 1 aliphatic heterocycles. The zero-order chi connectivity index (χ0) is 16.9. The van der Waals surface area contributed by atoms with Crippen LogP contribution < -0.4 is 10.6 Å². The molecule has 3 atom stereocenters. The molecule has 1 fully saturated rings. The SMILES string of the molecule is CC(NC(=O)[C@H]1CCN[C@@H](C)C1)c1noc(Cc2ccccc2)n1.Cl. The number of piperidine rings is 1. The van der Waals surface area contributed by atoms with E-state index in [0.29, 0.717) is 24.2 Å². The van der Waals surface area contributed by atoms with Crippen LogP contribution in [0.2, 0.25) is 0 Å². The number of benzene rings is 1. The van der Waals surface area contributed by atoms with Crippen molar-refractivity contribution in [1.82, 2.24) is 20.8 Å². The molecule has 1 unspecified atom stereocenters. The van der Waals surface area contributed by atoms with Crippen LogP contribution in [0.1, 0.15) is 50.0 Å². The average molecular weight is 365 g/mol. The normalized spacial score (nSPS) is 21.2. The van der Waals surface area contributed by atoms with Crippen LogP contribution in [0.5, 0.6) is 0 Å². The highest BCUT2D eigenvalue weighted by Crippen LogP contribution is 2.18. The molecule has 0 radical (unpaired) electrons. The van der Waals surface area contributed by atoms with Crippen molar-refractivity contribution in [1.29, 1.82) is 0 Å². The number of nitrogens with one attached hydrogen (secondary N) is 2. The van der Waals surface area contributed by atoms with E-state index in [1.165, 1.54) is 0 Å². The number of hydrogen-bond donors (Lipinski definition) is 2. The van der Waals surface area contributed by atoms with Gasteiger partial charge in [0.05, 0.1) is 12.5 Å². The third-order valence-corrected chi connectivity index (χ3v) is 4.42. The lowest BCUT2D eigenvalue weighted by molar-refractivity contribution is -0.126. The van der Waals surface area contributed by atoms with Gasteiger partial charge in [0.2, 0.25) is 11.8 Å². The Kier molecular flexibility index (Phi) is 6.96. The Morgan fingerprint density at radius 2 is 2.16 bits per heavy atom. The Morgan fingerprint density at radius 1 is 1.40 bits per heavy atom. The first-order chi connectivity index (χ1) is 11.6. The number of carbonyl (C=O) groups is 1. The summed E-state index contributed by atoms with van der Waals surface area (Å²) in [6.07, 6.45) is 2.33. The highest BCUT2D eigenvalue weighted by atomic mass is 35.5. The molecular formula is C18H25ClN4O2. The Hall–Kier alpha value is -1.92. The smallest absolute Gasteiger partial charge is 0.231 e. The maximum atomic E-state index is 12.4. The third-order valence-electron chi connectivity index (χ3n) is 4.42. The topological polar surface area (TPSA) is 80.0 Å². The van der Waals surface area contributed by atoms with Gasteiger partial charge in [0.25, 0.3) is 0 Å². The van der Waals surface area contributed by atoms with Crippen molar-refractivity contribution >= 4 is 18.3 Å². The number of amides is 1. The first-order valence-corrected chi connectivity index (χ1v) is 8.52. The van der Waals surface area contributed by atoms with E-state index >= 15 is 0 Å². The summed E-state index contributed by atoms with van der Waals surface area (Å²) >= 11 is 0. The fraction of sp³-hybridized carbons (Fsp3) is 0.500. The molecule has 1 amide bonds. The molecule has 1 aromatic heterocycles. The zero-order valence-electron chi connectivity index (χ0n) is 14.6. The molecule has 1 aliphatic rings. The van der Waals surface area contributed by atoms with E-state index in [-0.39, 0.29) is 30.3 Å². The fourth-order valence-electron chi connectivity index (χ4n) is 3.05. The maximum Gasteiger partial charge on any atom is 0.231 e. The van der Waals surface area contributed by atoms with Gasteiger partial charge < -0.3 is 15.2 Å². The summed E-state index contributed by atoms with van der Waals surface area (Å²) in [7, 11) is 0. The second kappa shape index (κ2) is 8.97. The highest BCUT2D eigenvalue weighted by Gasteiger charge is 2.26. The zero-order valence-corrected chi connectivity index (χ0v) is 15.4. The summed E-state index contributed by atoms with van der Waals surface area (Å²) < 4.78 is 5.31. The second-order valence-corrected chi connectivity index (χ2v) is 6.52. The lowest BCUT2D eigenvalue weighted by Gasteiger charge is -2.27. The van der Waals surface area contributed by atoms with Gasteiger partial charge in [-0.1, -0.05) is 35.5 Å². The molecular weight excluding hydrogens is 340 g/mol. The molecule has 7 heteroatoms. The van der Waals surface area contributed by atoms with Gasteiger partial charge in [-0.2, -0.15) is 4.98 Å². The van der Waals surface area contributed by atoms with Crippen LogP contribution in [-0.4, -0.2) is 28.6 Å². The van der Waals surface area contributed by atoms with Crippen LogP contribution in [0, 0.1) is 5.92 Å². The minimum Gasteiger partial charge on any atom is -0.346 e. The lowest BCUT2D eigenvalue weighted by Crippen LogP contribution is -2.43. The van der Waals surface area contributed by atoms with E-state index in [1.54, 1.807) is 0 Å². The summed E-state index contributed by atoms with van der Waals surface area (Å²) in [5.41, 5.74) is 1.12. The molecule has 1 aromatic carbocycles. The third kappa shape index (κ3) is 5.28. The van der Waals surface area contributed by atoms with E-state index in [4.69, 9.17) is 4.52 Å². The lowest BCUT2D eigenvalue weighted by atomic mass is 9.92. The minimum atomic E-state index is -0.254. The molecule has 0 saturated carbocycles. The van der Waals surface area contributed by atoms with Crippen molar-refractivity contribution < 1.29 is 9.32 Å². The van der Waals surface area contributed by atoms with Gasteiger partial charge in [-0.05, 0) is 38.8 Å². The molecule has 6 nitrogen and oxygen atoms in total. The fourth-order valence-corrected chi connectivity index (χ4v) is 3.05. The average Bonchev–Trinajstić information content (AvgIpc) is 3.04. The number of carbonyl (C=O) groups excluding carboxylic acids is 1. The van der Waals surface area contributed by atoms with E-state index in [2.05, 4.69) is 27.7 Å². The van der Waals surface area contributed by atoms with E-state index < -0.39 is 0 Å². The summed E-state index contributed by atoms with van der Waals surface area (Å²) in [5.74, 6) is 1.22. The van der Waals surface area contributed by atoms with Gasteiger partial charge in [0, 0.05) is 12.0 Å². The van der Waals surface area contributed by atoms with Crippen molar-refractivity contribution in [3.05, 3.63) is 47.6 Å². The summed E-state index contributed by atoms with van der Waals surface area (Å²) in [6.45, 7) is 4.88. The van der Waals surface area contributed by atoms with Crippen LogP contribution in [-0.2, 0) is 11.2 Å². The monoisotopic (exact) mass is 364 g/mol. The van der Waals surface area contributed by atoms with Gasteiger partial charge in [0.1, 0.15) is 0 Å². The van der Waals surface area contributed by atoms with Crippen LogP contribution in [0.15, 0.2) is 34.9 Å². The van der Waals surface area contributed by atoms with Gasteiger partial charge >= 0.3 is 0 Å². The Bertz CT molecular complexity index is 677. The predicted molar refractivity (Wildman–Crippen MR) is 97.5 cm³/mol. The molecule has 1 saturated heterocycles. The molecule has 0 aliphatic carbocycles. The van der Waals surface area contributed by atoms with Crippen molar-refractivity contribution in [3.63, 3.8) is 0 Å². The van der Waals surface area contributed by atoms with Crippen molar-refractivity contribution in [2.45, 2.75) is 45.2 Å². The van der Waals surface area contributed by atoms with Crippen LogP contribution in [0.3, 0.4) is 0 Å². The van der Waals surface area contributed by atoms with Gasteiger partial charge in [-0.15, -0.1) is 12.4 Å². The minimum absolute atomic E-state index is 0. The molecule has 0 bridgehead atoms. The molecule has 3 rings (SSSR count). The summed E-state index contributed by atoms with van der Waals surface area (Å²) in [5, 5.41) is 10.4. The Balaban J connectivity index is 0.00000225. The standard InChI is InChI=1S/C18H24N4O2.ClH/c1-12-10-15(8-9-19-12)18(23)20-13(2)17-21-16(24-22-17)11-14-6-4-3-5-7-14;/h3-7,12-13,15,19H,8-11H2,1-2H3,(H,20,23);1H/t12-,13?,15-;/m0./s1. The van der Waals surface area contributed by atoms with E-state index in [0.717, 1.165) is 24.9 Å². The number of nitrogens with zero attached hydrogens (tertiary/aromatic N) is 2. The molecule has 25 heavy (non-hydrogen) atoms. The van der Waals surface area contributed by atoms with E-state index in [1.807, 2.05) is 37.3 Å². The predicted octanol–water partition coefficient (Wildman–Crippen LogP) is 2.65. The molecule has 2 N–H and O–H groups in total. The molecule has 2 heterocycles. The van der Waals surface area contributed by atoms with Crippen molar-refractivity contribution in [3.8, 4) is 0 Å². The highest BCUT2D eigenvalue weighted by molar-refractivity contribution is 5.85. The van der Waals surface area contributed by atoms with Gasteiger partial charge in [0.15, 0.2) is 5.82 Å². The number of aromatic nitrogens is 2. The number of rotatable bonds is 5. The van der Waals surface area contributed by atoms with E-state index in [9.17, 15) is 4.79 Å². The summed E-state index contributed by atoms with van der Waals surface area (Å²) in [4.78, 5) is 16.8. The maximum absolute atomic E-state index is 12.4. The molecule has 0 spiro atoms. The largest absolute Gasteiger partial charge is 0.346 e. The second-order valence-electron chi connectivity index (χ2n) is 6.52. The van der Waals surface area contributed by atoms with Gasteiger partial charge in [-0.3, -0.25) is 4.79 Å². The first kappa shape index (κ1) is 19.4. The number of halogens is 1. The Labute approximate surface area is 154 Å².